The van der Waals surface area contributed by atoms with Crippen LogP contribution in [0.1, 0.15) is 17.8 Å². The fraction of sp³-hybridized carbons (Fsp3) is 0.500. The van der Waals surface area contributed by atoms with Crippen LogP contribution >= 0.6 is 11.8 Å². The second-order valence-electron chi connectivity index (χ2n) is 3.93. The predicted molar refractivity (Wildman–Crippen MR) is 69.7 cm³/mol. The van der Waals surface area contributed by atoms with Crippen LogP contribution in [0.15, 0.2) is 17.4 Å². The standard InChI is InChI=1S/C12H17N3OS/c1-9-7-13-11-12(17-3)14-10(8-15(9)11)5-4-6-16-2/h7-8H,4-6H2,1-3H3. The molecule has 2 aromatic rings. The summed E-state index contributed by atoms with van der Waals surface area (Å²) in [6.07, 6.45) is 7.93. The molecule has 92 valence electrons. The molecule has 0 aromatic carbocycles. The van der Waals surface area contributed by atoms with Gasteiger partial charge in [0.1, 0.15) is 5.03 Å². The van der Waals surface area contributed by atoms with Crippen molar-refractivity contribution in [3.05, 3.63) is 23.8 Å². The molecule has 0 amide bonds. The zero-order chi connectivity index (χ0) is 12.3. The Bertz CT molecular complexity index is 510. The van der Waals surface area contributed by atoms with Crippen molar-refractivity contribution in [1.29, 1.82) is 0 Å². The van der Waals surface area contributed by atoms with Gasteiger partial charge in [0.05, 0.1) is 5.69 Å². The maximum atomic E-state index is 5.06. The van der Waals surface area contributed by atoms with E-state index in [9.17, 15) is 0 Å². The number of nitrogens with zero attached hydrogens (tertiary/aromatic N) is 3. The number of thioether (sulfide) groups is 1. The molecular weight excluding hydrogens is 234 g/mol. The minimum atomic E-state index is 0.775. The molecule has 4 nitrogen and oxygen atoms in total. The van der Waals surface area contributed by atoms with Crippen LogP contribution in [-0.2, 0) is 11.2 Å². The van der Waals surface area contributed by atoms with Crippen molar-refractivity contribution in [3.8, 4) is 0 Å². The molecule has 17 heavy (non-hydrogen) atoms. The van der Waals surface area contributed by atoms with Gasteiger partial charge in [-0.2, -0.15) is 0 Å². The first kappa shape index (κ1) is 12.4. The summed E-state index contributed by atoms with van der Waals surface area (Å²) >= 11 is 1.64. The van der Waals surface area contributed by atoms with Crippen LogP contribution in [-0.4, -0.2) is 34.3 Å². The molecule has 2 aromatic heterocycles. The smallest absolute Gasteiger partial charge is 0.169 e. The third-order valence-electron chi connectivity index (χ3n) is 2.67. The Balaban J connectivity index is 2.33. The van der Waals surface area contributed by atoms with E-state index in [0.717, 1.165) is 41.5 Å². The fourth-order valence-corrected chi connectivity index (χ4v) is 2.32. The van der Waals surface area contributed by atoms with Crippen molar-refractivity contribution in [2.24, 2.45) is 0 Å². The van der Waals surface area contributed by atoms with E-state index >= 15 is 0 Å². The van der Waals surface area contributed by atoms with Gasteiger partial charge in [0.2, 0.25) is 0 Å². The van der Waals surface area contributed by atoms with Crippen molar-refractivity contribution < 1.29 is 4.74 Å². The first-order valence-corrected chi connectivity index (χ1v) is 6.85. The Morgan fingerprint density at radius 1 is 1.47 bits per heavy atom. The van der Waals surface area contributed by atoms with Crippen LogP contribution in [0.4, 0.5) is 0 Å². The Labute approximate surface area is 105 Å². The first-order valence-electron chi connectivity index (χ1n) is 5.62. The third kappa shape index (κ3) is 2.61. The highest BCUT2D eigenvalue weighted by Gasteiger charge is 2.08. The summed E-state index contributed by atoms with van der Waals surface area (Å²) in [5.41, 5.74) is 3.19. The van der Waals surface area contributed by atoms with E-state index in [1.54, 1.807) is 18.9 Å². The zero-order valence-electron chi connectivity index (χ0n) is 10.4. The van der Waals surface area contributed by atoms with Crippen molar-refractivity contribution in [3.63, 3.8) is 0 Å². The Morgan fingerprint density at radius 3 is 3.00 bits per heavy atom. The second kappa shape index (κ2) is 5.51. The van der Waals surface area contributed by atoms with Gasteiger partial charge in [-0.1, -0.05) is 0 Å². The minimum Gasteiger partial charge on any atom is -0.385 e. The highest BCUT2D eigenvalue weighted by atomic mass is 32.2. The second-order valence-corrected chi connectivity index (χ2v) is 4.73. The number of methoxy groups -OCH3 is 1. The van der Waals surface area contributed by atoms with Crippen LogP contribution in [0.3, 0.4) is 0 Å². The van der Waals surface area contributed by atoms with Gasteiger partial charge in [-0.05, 0) is 26.0 Å². The Kier molecular flexibility index (Phi) is 4.02. The minimum absolute atomic E-state index is 0.775. The van der Waals surface area contributed by atoms with Gasteiger partial charge in [-0.25, -0.2) is 9.97 Å². The first-order chi connectivity index (χ1) is 8.26. The molecule has 0 N–H and O–H groups in total. The Morgan fingerprint density at radius 2 is 2.29 bits per heavy atom. The Hall–Kier alpha value is -1.07. The summed E-state index contributed by atoms with van der Waals surface area (Å²) < 4.78 is 7.18. The lowest BCUT2D eigenvalue weighted by Crippen LogP contribution is -2.01. The van der Waals surface area contributed by atoms with Crippen LogP contribution in [0.5, 0.6) is 0 Å². The average Bonchev–Trinajstić information content (AvgIpc) is 2.71. The van der Waals surface area contributed by atoms with E-state index < -0.39 is 0 Å². The normalized spacial score (nSPS) is 11.2. The summed E-state index contributed by atoms with van der Waals surface area (Å²) in [5, 5.41) is 0.994. The maximum Gasteiger partial charge on any atom is 0.169 e. The van der Waals surface area contributed by atoms with Crippen molar-refractivity contribution in [2.45, 2.75) is 24.8 Å². The zero-order valence-corrected chi connectivity index (χ0v) is 11.3. The van der Waals surface area contributed by atoms with E-state index in [4.69, 9.17) is 4.74 Å². The van der Waals surface area contributed by atoms with Crippen LogP contribution in [0.2, 0.25) is 0 Å². The number of imidazole rings is 1. The van der Waals surface area contributed by atoms with E-state index in [-0.39, 0.29) is 0 Å². The number of fused-ring (bicyclic) bond motifs is 1. The van der Waals surface area contributed by atoms with Gasteiger partial charge >= 0.3 is 0 Å². The number of hydrogen-bond donors (Lipinski definition) is 0. The molecule has 0 radical (unpaired) electrons. The van der Waals surface area contributed by atoms with Crippen LogP contribution < -0.4 is 0 Å². The molecule has 0 saturated carbocycles. The van der Waals surface area contributed by atoms with Gasteiger partial charge in [-0.3, -0.25) is 0 Å². The van der Waals surface area contributed by atoms with E-state index in [1.807, 2.05) is 12.5 Å². The highest BCUT2D eigenvalue weighted by Crippen LogP contribution is 2.20. The van der Waals surface area contributed by atoms with Crippen molar-refractivity contribution in [2.75, 3.05) is 20.0 Å². The number of rotatable bonds is 5. The van der Waals surface area contributed by atoms with E-state index in [1.165, 1.54) is 0 Å². The summed E-state index contributed by atoms with van der Waals surface area (Å²) in [5.74, 6) is 0. The average molecular weight is 251 g/mol. The van der Waals surface area contributed by atoms with E-state index in [2.05, 4.69) is 27.5 Å². The third-order valence-corrected chi connectivity index (χ3v) is 3.33. The van der Waals surface area contributed by atoms with Gasteiger partial charge in [-0.15, -0.1) is 11.8 Å². The van der Waals surface area contributed by atoms with Crippen LogP contribution in [0.25, 0.3) is 5.65 Å². The summed E-state index contributed by atoms with van der Waals surface area (Å²) in [6.45, 7) is 2.83. The fourth-order valence-electron chi connectivity index (χ4n) is 1.78. The molecule has 0 aliphatic heterocycles. The van der Waals surface area contributed by atoms with Crippen molar-refractivity contribution >= 4 is 17.4 Å². The van der Waals surface area contributed by atoms with Gasteiger partial charge < -0.3 is 9.14 Å². The van der Waals surface area contributed by atoms with E-state index in [0.29, 0.717) is 0 Å². The summed E-state index contributed by atoms with van der Waals surface area (Å²) in [4.78, 5) is 9.01. The number of aryl methyl sites for hydroxylation is 2. The molecule has 0 aliphatic rings. The molecule has 0 atom stereocenters. The van der Waals surface area contributed by atoms with Crippen LogP contribution in [0, 0.1) is 6.92 Å². The lowest BCUT2D eigenvalue weighted by atomic mass is 10.2. The molecule has 0 unspecified atom stereocenters. The summed E-state index contributed by atoms with van der Waals surface area (Å²) in [7, 11) is 1.73. The van der Waals surface area contributed by atoms with Gasteiger partial charge in [0.15, 0.2) is 5.65 Å². The largest absolute Gasteiger partial charge is 0.385 e. The molecule has 0 spiro atoms. The predicted octanol–water partition coefficient (Wildman–Crippen LogP) is 2.34. The SMILES string of the molecule is COCCCc1cn2c(C)cnc2c(SC)n1. The lowest BCUT2D eigenvalue weighted by molar-refractivity contribution is 0.195. The lowest BCUT2D eigenvalue weighted by Gasteiger charge is -2.06. The quantitative estimate of drug-likeness (QED) is 0.604. The molecule has 0 fully saturated rings. The highest BCUT2D eigenvalue weighted by molar-refractivity contribution is 7.98. The molecule has 0 aliphatic carbocycles. The molecule has 2 heterocycles. The molecule has 0 bridgehead atoms. The topological polar surface area (TPSA) is 39.4 Å². The molecule has 2 rings (SSSR count). The number of hydrogen-bond acceptors (Lipinski definition) is 4. The number of aromatic nitrogens is 3. The number of ether oxygens (including phenoxy) is 1. The molecule has 5 heteroatoms. The molecular formula is C12H17N3OS. The maximum absolute atomic E-state index is 5.06. The van der Waals surface area contributed by atoms with Crippen molar-refractivity contribution in [1.82, 2.24) is 14.4 Å². The van der Waals surface area contributed by atoms with Gasteiger partial charge in [0, 0.05) is 31.8 Å². The molecule has 0 saturated heterocycles. The monoisotopic (exact) mass is 251 g/mol. The van der Waals surface area contributed by atoms with Gasteiger partial charge in [0.25, 0.3) is 0 Å². The summed E-state index contributed by atoms with van der Waals surface area (Å²) in [6, 6.07) is 0.